The van der Waals surface area contributed by atoms with Crippen molar-refractivity contribution in [2.75, 3.05) is 23.8 Å². The van der Waals surface area contributed by atoms with Crippen LogP contribution in [0, 0.1) is 19.7 Å². The number of hydrogen-bond donors (Lipinski definition) is 1. The van der Waals surface area contributed by atoms with E-state index in [1.807, 2.05) is 13.8 Å². The first kappa shape index (κ1) is 22.2. The van der Waals surface area contributed by atoms with Crippen LogP contribution in [0.2, 0.25) is 0 Å². The van der Waals surface area contributed by atoms with Crippen molar-refractivity contribution in [3.63, 3.8) is 0 Å². The zero-order chi connectivity index (χ0) is 17.0. The van der Waals surface area contributed by atoms with Gasteiger partial charge in [-0.1, -0.05) is 13.3 Å². The van der Waals surface area contributed by atoms with Gasteiger partial charge in [-0.3, -0.25) is 4.79 Å². The number of amides is 1. The maximum Gasteiger partial charge on any atom is 0.265 e. The molecule has 24 heavy (non-hydrogen) atoms. The monoisotopic (exact) mass is 427 g/mol. The molecule has 1 amide bonds. The van der Waals surface area contributed by atoms with Gasteiger partial charge in [-0.05, 0) is 63.3 Å². The molecule has 1 atom stereocenters. The van der Waals surface area contributed by atoms with Gasteiger partial charge in [0.15, 0.2) is 0 Å². The van der Waals surface area contributed by atoms with Crippen molar-refractivity contribution in [1.29, 1.82) is 0 Å². The first-order valence-electron chi connectivity index (χ1n) is 8.87. The second-order valence-corrected chi connectivity index (χ2v) is 11.5. The molecule has 1 aliphatic heterocycles. The predicted molar refractivity (Wildman–Crippen MR) is 99.6 cm³/mol. The van der Waals surface area contributed by atoms with Gasteiger partial charge in [-0.25, -0.2) is 4.39 Å². The number of rotatable bonds is 6. The molecular weight excluding hydrogens is 397 g/mol. The minimum atomic E-state index is -1.17. The van der Waals surface area contributed by atoms with Crippen LogP contribution >= 0.6 is 7.26 Å². The fraction of sp³-hybridized carbons (Fsp3) is 0.632. The largest absolute Gasteiger partial charge is 0.322 e. The maximum atomic E-state index is 13.5. The number of benzene rings is 1. The Kier molecular flexibility index (Phi) is 9.01. The van der Waals surface area contributed by atoms with Crippen LogP contribution in [-0.4, -0.2) is 30.1 Å². The molecule has 131 valence electrons. The van der Waals surface area contributed by atoms with E-state index >= 15 is 0 Å². The Morgan fingerprint density at radius 2 is 1.75 bits per heavy atom. The average Bonchev–Trinajstić information content (AvgIpc) is 2.98. The normalized spacial score (nSPS) is 17.2. The summed E-state index contributed by atoms with van der Waals surface area (Å²) in [5.41, 5.74) is 2.58. The number of hydrogen-bond acceptors (Lipinski definition) is 1. The van der Waals surface area contributed by atoms with E-state index in [2.05, 4.69) is 19.2 Å². The van der Waals surface area contributed by atoms with Crippen molar-refractivity contribution >= 4 is 18.9 Å². The summed E-state index contributed by atoms with van der Waals surface area (Å²) in [6, 6.07) is 3.00. The zero-order valence-corrected chi connectivity index (χ0v) is 19.2. The summed E-state index contributed by atoms with van der Waals surface area (Å²) >= 11 is 0. The summed E-state index contributed by atoms with van der Waals surface area (Å²) in [4.78, 5) is 13.1. The molecule has 0 saturated carbocycles. The number of aryl methyl sites for hydroxylation is 2. The Labute approximate surface area is 172 Å². The Hall–Kier alpha value is 0.154. The number of nitrogens with one attached hydrogen (secondary N) is 1. The molecule has 2 nitrogen and oxygen atoms in total. The molecule has 1 radical (unpaired) electrons. The molecular formula is C19H30FNOPY+. The Morgan fingerprint density at radius 1 is 1.21 bits per heavy atom. The van der Waals surface area contributed by atoms with Crippen molar-refractivity contribution in [2.24, 2.45) is 0 Å². The summed E-state index contributed by atoms with van der Waals surface area (Å²) in [5, 5.41) is 3.15. The topological polar surface area (TPSA) is 29.1 Å². The number of halogens is 1. The van der Waals surface area contributed by atoms with Gasteiger partial charge in [0, 0.05) is 45.7 Å². The van der Waals surface area contributed by atoms with Gasteiger partial charge in [0.25, 0.3) is 5.91 Å². The SMILES string of the molecule is CCCC(C(=O)Nc1c(C)cc(F)cc1C)[P+]1(CC)CCCC1.[Y]. The summed E-state index contributed by atoms with van der Waals surface area (Å²) in [6.07, 6.45) is 8.29. The molecule has 0 aromatic heterocycles. The van der Waals surface area contributed by atoms with E-state index in [4.69, 9.17) is 0 Å². The van der Waals surface area contributed by atoms with Gasteiger partial charge in [0.1, 0.15) is 11.5 Å². The number of carbonyl (C=O) groups is 1. The molecule has 1 aromatic carbocycles. The molecule has 5 heteroatoms. The molecule has 1 unspecified atom stereocenters. The van der Waals surface area contributed by atoms with Gasteiger partial charge in [-0.2, -0.15) is 0 Å². The minimum absolute atomic E-state index is 0. The summed E-state index contributed by atoms with van der Waals surface area (Å²) in [7, 11) is -1.17. The second kappa shape index (κ2) is 9.74. The molecule has 1 N–H and O–H groups in total. The van der Waals surface area contributed by atoms with Gasteiger partial charge >= 0.3 is 0 Å². The van der Waals surface area contributed by atoms with E-state index in [0.717, 1.165) is 29.7 Å². The fourth-order valence-corrected chi connectivity index (χ4v) is 9.05. The average molecular weight is 427 g/mol. The first-order valence-corrected chi connectivity index (χ1v) is 11.3. The van der Waals surface area contributed by atoms with Crippen LogP contribution in [0.3, 0.4) is 0 Å². The summed E-state index contributed by atoms with van der Waals surface area (Å²) in [6.45, 7) is 8.15. The second-order valence-electron chi connectivity index (χ2n) is 6.90. The van der Waals surface area contributed by atoms with Crippen LogP contribution in [0.1, 0.15) is 50.7 Å². The molecule has 2 rings (SSSR count). The molecule has 1 aromatic rings. The minimum Gasteiger partial charge on any atom is -0.322 e. The van der Waals surface area contributed by atoms with Crippen LogP contribution < -0.4 is 5.32 Å². The van der Waals surface area contributed by atoms with Crippen molar-refractivity contribution in [1.82, 2.24) is 0 Å². The van der Waals surface area contributed by atoms with Crippen LogP contribution in [0.25, 0.3) is 0 Å². The smallest absolute Gasteiger partial charge is 0.265 e. The summed E-state index contributed by atoms with van der Waals surface area (Å²) < 4.78 is 13.5. The van der Waals surface area contributed by atoms with Crippen molar-refractivity contribution < 1.29 is 41.9 Å². The Balaban J connectivity index is 0.00000288. The first-order chi connectivity index (χ1) is 10.9. The molecule has 0 bridgehead atoms. The Bertz CT molecular complexity index is 549. The van der Waals surface area contributed by atoms with E-state index in [-0.39, 0.29) is 50.1 Å². The van der Waals surface area contributed by atoms with Crippen molar-refractivity contribution in [2.45, 2.75) is 59.0 Å². The van der Waals surface area contributed by atoms with Gasteiger partial charge in [-0.15, -0.1) is 0 Å². The third-order valence-corrected chi connectivity index (χ3v) is 10.8. The molecule has 1 saturated heterocycles. The third kappa shape index (κ3) is 4.86. The van der Waals surface area contributed by atoms with E-state index in [1.165, 1.54) is 43.5 Å². The maximum absolute atomic E-state index is 13.5. The van der Waals surface area contributed by atoms with E-state index < -0.39 is 7.26 Å². The van der Waals surface area contributed by atoms with Crippen LogP contribution in [-0.2, 0) is 37.5 Å². The molecule has 0 aliphatic carbocycles. The van der Waals surface area contributed by atoms with E-state index in [1.54, 1.807) is 0 Å². The van der Waals surface area contributed by atoms with E-state index in [0.29, 0.717) is 0 Å². The molecule has 0 spiro atoms. The Morgan fingerprint density at radius 3 is 2.21 bits per heavy atom. The van der Waals surface area contributed by atoms with E-state index in [9.17, 15) is 9.18 Å². The fourth-order valence-electron chi connectivity index (χ4n) is 4.05. The molecule has 1 aliphatic rings. The quantitative estimate of drug-likeness (QED) is 0.607. The number of carbonyl (C=O) groups excluding carboxylic acids is 1. The van der Waals surface area contributed by atoms with Crippen LogP contribution in [0.15, 0.2) is 12.1 Å². The molecule has 1 heterocycles. The third-order valence-electron chi connectivity index (χ3n) is 5.36. The standard InChI is InChI=1S/C19H29FNOP.Y/c1-5-9-17(23(6-2)10-7-8-11-23)19(22)21-18-14(3)12-16(20)13-15(18)4;/h12-13,17H,5-11H2,1-4H3;/p+1. The van der Waals surface area contributed by atoms with Crippen molar-refractivity contribution in [3.8, 4) is 0 Å². The zero-order valence-electron chi connectivity index (χ0n) is 15.5. The van der Waals surface area contributed by atoms with Crippen LogP contribution in [0.5, 0.6) is 0 Å². The van der Waals surface area contributed by atoms with Crippen LogP contribution in [0.4, 0.5) is 10.1 Å². The van der Waals surface area contributed by atoms with Gasteiger partial charge in [0.2, 0.25) is 0 Å². The number of anilines is 1. The summed E-state index contributed by atoms with van der Waals surface area (Å²) in [5.74, 6) is -0.0711. The predicted octanol–water partition coefficient (Wildman–Crippen LogP) is 5.38. The van der Waals surface area contributed by atoms with Gasteiger partial charge < -0.3 is 5.32 Å². The van der Waals surface area contributed by atoms with Crippen molar-refractivity contribution in [3.05, 3.63) is 29.1 Å². The van der Waals surface area contributed by atoms with Gasteiger partial charge in [0.05, 0.1) is 18.5 Å². The molecule has 1 fully saturated rings.